The Bertz CT molecular complexity index is 179. The Morgan fingerprint density at radius 2 is 2.50 bits per heavy atom. The summed E-state index contributed by atoms with van der Waals surface area (Å²) in [5.74, 6) is 0.0848. The summed E-state index contributed by atoms with van der Waals surface area (Å²) >= 11 is 0. The van der Waals surface area contributed by atoms with Crippen molar-refractivity contribution >= 4 is 5.91 Å². The highest BCUT2D eigenvalue weighted by Gasteiger charge is 2.26. The number of nitrogens with zero attached hydrogens (tertiary/aromatic N) is 1. The van der Waals surface area contributed by atoms with Crippen molar-refractivity contribution in [3.05, 3.63) is 12.7 Å². The SMILES string of the molecule is C=CCC(=O)N1CCC[C@H]1CO. The number of carbonyl (C=O) groups excluding carboxylic acids is 1. The van der Waals surface area contributed by atoms with E-state index in [-0.39, 0.29) is 18.6 Å². The quantitative estimate of drug-likeness (QED) is 0.627. The molecule has 0 saturated carbocycles. The molecule has 0 aromatic rings. The number of rotatable bonds is 3. The normalized spacial score (nSPS) is 22.8. The molecule has 1 atom stereocenters. The largest absolute Gasteiger partial charge is 0.394 e. The highest BCUT2D eigenvalue weighted by molar-refractivity contribution is 5.78. The van der Waals surface area contributed by atoms with Crippen molar-refractivity contribution in [2.45, 2.75) is 25.3 Å². The zero-order valence-electron chi connectivity index (χ0n) is 7.20. The van der Waals surface area contributed by atoms with Crippen molar-refractivity contribution in [1.82, 2.24) is 4.90 Å². The van der Waals surface area contributed by atoms with Gasteiger partial charge in [-0.05, 0) is 12.8 Å². The summed E-state index contributed by atoms with van der Waals surface area (Å²) in [4.78, 5) is 13.1. The Morgan fingerprint density at radius 3 is 3.08 bits per heavy atom. The molecule has 1 N–H and O–H groups in total. The van der Waals surface area contributed by atoms with E-state index in [2.05, 4.69) is 6.58 Å². The highest BCUT2D eigenvalue weighted by Crippen LogP contribution is 2.17. The summed E-state index contributed by atoms with van der Waals surface area (Å²) < 4.78 is 0. The monoisotopic (exact) mass is 169 g/mol. The summed E-state index contributed by atoms with van der Waals surface area (Å²) in [6.45, 7) is 4.39. The molecular weight excluding hydrogens is 154 g/mol. The van der Waals surface area contributed by atoms with Crippen LogP contribution in [0.15, 0.2) is 12.7 Å². The van der Waals surface area contributed by atoms with Gasteiger partial charge in [0.15, 0.2) is 0 Å². The topological polar surface area (TPSA) is 40.5 Å². The van der Waals surface area contributed by atoms with Crippen LogP contribution in [-0.4, -0.2) is 35.1 Å². The third kappa shape index (κ3) is 1.85. The number of aliphatic hydroxyl groups is 1. The maximum Gasteiger partial charge on any atom is 0.226 e. The predicted octanol–water partition coefficient (Wildman–Crippen LogP) is 0.546. The van der Waals surface area contributed by atoms with E-state index in [1.165, 1.54) is 0 Å². The number of hydrogen-bond donors (Lipinski definition) is 1. The van der Waals surface area contributed by atoms with Crippen LogP contribution in [0.1, 0.15) is 19.3 Å². The predicted molar refractivity (Wildman–Crippen MR) is 46.6 cm³/mol. The zero-order chi connectivity index (χ0) is 8.97. The van der Waals surface area contributed by atoms with Gasteiger partial charge in [0, 0.05) is 13.0 Å². The summed E-state index contributed by atoms with van der Waals surface area (Å²) in [6, 6.07) is 0.0532. The minimum absolute atomic E-state index is 0.0532. The van der Waals surface area contributed by atoms with Gasteiger partial charge in [-0.1, -0.05) is 6.08 Å². The molecular formula is C9H15NO2. The molecule has 1 fully saturated rings. The van der Waals surface area contributed by atoms with Gasteiger partial charge >= 0.3 is 0 Å². The maximum absolute atomic E-state index is 11.4. The van der Waals surface area contributed by atoms with E-state index in [1.54, 1.807) is 11.0 Å². The number of likely N-dealkylation sites (tertiary alicyclic amines) is 1. The Labute approximate surface area is 72.7 Å². The second-order valence-electron chi connectivity index (χ2n) is 3.06. The second-order valence-corrected chi connectivity index (χ2v) is 3.06. The first kappa shape index (κ1) is 9.26. The highest BCUT2D eigenvalue weighted by atomic mass is 16.3. The van der Waals surface area contributed by atoms with Crippen LogP contribution in [0.5, 0.6) is 0 Å². The minimum Gasteiger partial charge on any atom is -0.394 e. The average Bonchev–Trinajstić information content (AvgIpc) is 2.51. The molecule has 1 amide bonds. The van der Waals surface area contributed by atoms with Crippen LogP contribution in [-0.2, 0) is 4.79 Å². The van der Waals surface area contributed by atoms with Crippen molar-refractivity contribution in [3.8, 4) is 0 Å². The fraction of sp³-hybridized carbons (Fsp3) is 0.667. The first-order chi connectivity index (χ1) is 5.79. The van der Waals surface area contributed by atoms with Crippen molar-refractivity contribution in [3.63, 3.8) is 0 Å². The van der Waals surface area contributed by atoms with E-state index in [0.717, 1.165) is 19.4 Å². The average molecular weight is 169 g/mol. The van der Waals surface area contributed by atoms with E-state index >= 15 is 0 Å². The number of hydrogen-bond acceptors (Lipinski definition) is 2. The lowest BCUT2D eigenvalue weighted by Gasteiger charge is -2.22. The van der Waals surface area contributed by atoms with Gasteiger partial charge in [-0.3, -0.25) is 4.79 Å². The van der Waals surface area contributed by atoms with E-state index in [4.69, 9.17) is 5.11 Å². The van der Waals surface area contributed by atoms with Crippen LogP contribution in [0.25, 0.3) is 0 Å². The van der Waals surface area contributed by atoms with E-state index in [9.17, 15) is 4.79 Å². The van der Waals surface area contributed by atoms with Gasteiger partial charge in [-0.15, -0.1) is 6.58 Å². The zero-order valence-corrected chi connectivity index (χ0v) is 7.20. The van der Waals surface area contributed by atoms with Crippen LogP contribution in [0, 0.1) is 0 Å². The van der Waals surface area contributed by atoms with Crippen LogP contribution in [0.4, 0.5) is 0 Å². The molecule has 0 aromatic heterocycles. The van der Waals surface area contributed by atoms with E-state index in [1.807, 2.05) is 0 Å². The number of amides is 1. The molecule has 0 aromatic carbocycles. The lowest BCUT2D eigenvalue weighted by atomic mass is 10.2. The Hall–Kier alpha value is -0.830. The van der Waals surface area contributed by atoms with Gasteiger partial charge < -0.3 is 10.0 Å². The van der Waals surface area contributed by atoms with Gasteiger partial charge in [0.05, 0.1) is 12.6 Å². The standard InChI is InChI=1S/C9H15NO2/c1-2-4-9(12)10-6-3-5-8(10)7-11/h2,8,11H,1,3-7H2/t8-/m0/s1. The Morgan fingerprint density at radius 1 is 1.75 bits per heavy atom. The molecule has 3 nitrogen and oxygen atoms in total. The summed E-state index contributed by atoms with van der Waals surface area (Å²) in [5.41, 5.74) is 0. The molecule has 1 rings (SSSR count). The molecule has 0 spiro atoms. The molecule has 0 aliphatic carbocycles. The van der Waals surface area contributed by atoms with Gasteiger partial charge in [0.1, 0.15) is 0 Å². The summed E-state index contributed by atoms with van der Waals surface area (Å²) in [5, 5.41) is 8.93. The first-order valence-corrected chi connectivity index (χ1v) is 4.30. The van der Waals surface area contributed by atoms with Gasteiger partial charge in [-0.25, -0.2) is 0 Å². The Balaban J connectivity index is 2.48. The molecule has 3 heteroatoms. The molecule has 0 unspecified atom stereocenters. The van der Waals surface area contributed by atoms with Crippen LogP contribution < -0.4 is 0 Å². The van der Waals surface area contributed by atoms with Crippen molar-refractivity contribution in [1.29, 1.82) is 0 Å². The molecule has 12 heavy (non-hydrogen) atoms. The smallest absolute Gasteiger partial charge is 0.226 e. The number of aliphatic hydroxyl groups excluding tert-OH is 1. The molecule has 68 valence electrons. The van der Waals surface area contributed by atoms with Crippen molar-refractivity contribution < 1.29 is 9.90 Å². The minimum atomic E-state index is 0.0532. The fourth-order valence-electron chi connectivity index (χ4n) is 1.59. The summed E-state index contributed by atoms with van der Waals surface area (Å²) in [7, 11) is 0. The maximum atomic E-state index is 11.4. The van der Waals surface area contributed by atoms with E-state index < -0.39 is 0 Å². The second kappa shape index (κ2) is 4.26. The molecule has 1 aliphatic rings. The molecule has 1 saturated heterocycles. The number of carbonyl (C=O) groups is 1. The fourth-order valence-corrected chi connectivity index (χ4v) is 1.59. The van der Waals surface area contributed by atoms with Crippen molar-refractivity contribution in [2.24, 2.45) is 0 Å². The molecule has 0 bridgehead atoms. The van der Waals surface area contributed by atoms with Gasteiger partial charge in [-0.2, -0.15) is 0 Å². The van der Waals surface area contributed by atoms with Crippen LogP contribution in [0.2, 0.25) is 0 Å². The first-order valence-electron chi connectivity index (χ1n) is 4.30. The molecule has 1 aliphatic heterocycles. The Kier molecular flexibility index (Phi) is 3.29. The van der Waals surface area contributed by atoms with Gasteiger partial charge in [0.2, 0.25) is 5.91 Å². The van der Waals surface area contributed by atoms with Crippen molar-refractivity contribution in [2.75, 3.05) is 13.2 Å². The van der Waals surface area contributed by atoms with E-state index in [0.29, 0.717) is 6.42 Å². The lowest BCUT2D eigenvalue weighted by molar-refractivity contribution is -0.131. The third-order valence-electron chi connectivity index (χ3n) is 2.23. The lowest BCUT2D eigenvalue weighted by Crippen LogP contribution is -2.37. The van der Waals surface area contributed by atoms with Crippen LogP contribution in [0.3, 0.4) is 0 Å². The molecule has 0 radical (unpaired) electrons. The molecule has 1 heterocycles. The van der Waals surface area contributed by atoms with Gasteiger partial charge in [0.25, 0.3) is 0 Å². The summed E-state index contributed by atoms with van der Waals surface area (Å²) in [6.07, 6.45) is 3.93. The third-order valence-corrected chi connectivity index (χ3v) is 2.23. The van der Waals surface area contributed by atoms with Crippen LogP contribution >= 0.6 is 0 Å².